The van der Waals surface area contributed by atoms with Crippen molar-refractivity contribution in [2.45, 2.75) is 89.9 Å². The van der Waals surface area contributed by atoms with Crippen LogP contribution in [0.1, 0.15) is 99.5 Å². The fraction of sp³-hybridized carbons (Fsp3) is 0.519. The molecule has 2 heteroatoms. The van der Waals surface area contributed by atoms with Gasteiger partial charge in [0.2, 0.25) is 0 Å². The van der Waals surface area contributed by atoms with Gasteiger partial charge in [0.05, 0.1) is 5.56 Å². The number of hydrogen-bond donors (Lipinski definition) is 0. The molecule has 3 rings (SSSR count). The summed E-state index contributed by atoms with van der Waals surface area (Å²) in [6.07, 6.45) is 13.8. The molecule has 0 aliphatic heterocycles. The highest BCUT2D eigenvalue weighted by Gasteiger charge is 2.33. The number of benzene rings is 2. The summed E-state index contributed by atoms with van der Waals surface area (Å²) >= 11 is 0. The number of ether oxygens (including phenoxy) is 1. The highest BCUT2D eigenvalue weighted by molar-refractivity contribution is 5.91. The van der Waals surface area contributed by atoms with Crippen LogP contribution in [0.5, 0.6) is 5.75 Å². The zero-order valence-corrected chi connectivity index (χ0v) is 18.2. The molecule has 1 fully saturated rings. The van der Waals surface area contributed by atoms with Gasteiger partial charge in [-0.05, 0) is 72.9 Å². The number of carbonyl (C=O) groups is 1. The van der Waals surface area contributed by atoms with E-state index in [0.29, 0.717) is 16.7 Å². The molecule has 1 aliphatic rings. The van der Waals surface area contributed by atoms with Crippen molar-refractivity contribution in [3.63, 3.8) is 0 Å². The van der Waals surface area contributed by atoms with E-state index in [9.17, 15) is 4.79 Å². The summed E-state index contributed by atoms with van der Waals surface area (Å²) in [7, 11) is 0. The zero-order valence-electron chi connectivity index (χ0n) is 18.2. The molecule has 0 heterocycles. The fourth-order valence-corrected chi connectivity index (χ4v) is 4.66. The minimum Gasteiger partial charge on any atom is -0.423 e. The summed E-state index contributed by atoms with van der Waals surface area (Å²) in [6, 6.07) is 16.2. The van der Waals surface area contributed by atoms with E-state index in [1.54, 1.807) is 0 Å². The van der Waals surface area contributed by atoms with Crippen LogP contribution in [0.3, 0.4) is 0 Å². The van der Waals surface area contributed by atoms with Gasteiger partial charge >= 0.3 is 5.97 Å². The van der Waals surface area contributed by atoms with E-state index in [1.165, 1.54) is 75.3 Å². The molecule has 0 atom stereocenters. The van der Waals surface area contributed by atoms with Crippen molar-refractivity contribution in [2.75, 3.05) is 0 Å². The van der Waals surface area contributed by atoms with Gasteiger partial charge in [-0.25, -0.2) is 4.79 Å². The van der Waals surface area contributed by atoms with E-state index in [-0.39, 0.29) is 5.97 Å². The maximum absolute atomic E-state index is 12.5. The van der Waals surface area contributed by atoms with Crippen LogP contribution < -0.4 is 4.74 Å². The molecule has 0 bridgehead atoms. The molecule has 0 radical (unpaired) electrons. The van der Waals surface area contributed by atoms with Crippen LogP contribution in [0.25, 0.3) is 0 Å². The van der Waals surface area contributed by atoms with E-state index in [1.807, 2.05) is 36.4 Å². The Morgan fingerprint density at radius 2 is 1.52 bits per heavy atom. The van der Waals surface area contributed by atoms with Crippen molar-refractivity contribution < 1.29 is 9.53 Å². The lowest BCUT2D eigenvalue weighted by molar-refractivity contribution is 0.0734. The average Bonchev–Trinajstić information content (AvgIpc) is 2.77. The maximum atomic E-state index is 12.5. The van der Waals surface area contributed by atoms with Gasteiger partial charge in [0.15, 0.2) is 0 Å². The van der Waals surface area contributed by atoms with E-state index in [0.717, 1.165) is 6.42 Å². The second-order valence-corrected chi connectivity index (χ2v) is 8.66. The Morgan fingerprint density at radius 1 is 0.862 bits per heavy atom. The minimum atomic E-state index is -0.279. The van der Waals surface area contributed by atoms with E-state index in [2.05, 4.69) is 26.0 Å². The number of aryl methyl sites for hydroxylation is 1. The molecule has 0 N–H and O–H groups in total. The molecule has 29 heavy (non-hydrogen) atoms. The number of unbranched alkanes of at least 4 members (excludes halogenated alkanes) is 2. The molecular weight excluding hydrogens is 356 g/mol. The second-order valence-electron chi connectivity index (χ2n) is 8.66. The van der Waals surface area contributed by atoms with Crippen LogP contribution in [-0.2, 0) is 11.8 Å². The number of hydrogen-bond acceptors (Lipinski definition) is 2. The highest BCUT2D eigenvalue weighted by Crippen LogP contribution is 2.43. The van der Waals surface area contributed by atoms with Gasteiger partial charge in [-0.15, -0.1) is 0 Å². The molecule has 2 aromatic rings. The van der Waals surface area contributed by atoms with Crippen LogP contribution >= 0.6 is 0 Å². The van der Waals surface area contributed by atoms with E-state index < -0.39 is 0 Å². The Balaban J connectivity index is 1.65. The van der Waals surface area contributed by atoms with Crippen molar-refractivity contribution in [3.8, 4) is 5.75 Å². The third kappa shape index (κ3) is 5.72. The molecule has 0 unspecified atom stereocenters. The monoisotopic (exact) mass is 392 g/mol. The van der Waals surface area contributed by atoms with Crippen LogP contribution in [0.2, 0.25) is 0 Å². The molecule has 0 amide bonds. The molecule has 0 aromatic heterocycles. The molecule has 0 saturated heterocycles. The largest absolute Gasteiger partial charge is 0.423 e. The van der Waals surface area contributed by atoms with Crippen LogP contribution in [0.15, 0.2) is 48.5 Å². The lowest BCUT2D eigenvalue weighted by Crippen LogP contribution is -2.29. The fourth-order valence-electron chi connectivity index (χ4n) is 4.66. The minimum absolute atomic E-state index is 0.279. The molecular formula is C27H36O2. The second kappa shape index (κ2) is 10.6. The first kappa shape index (κ1) is 21.6. The topological polar surface area (TPSA) is 26.3 Å². The maximum Gasteiger partial charge on any atom is 0.343 e. The first-order valence-electron chi connectivity index (χ1n) is 11.6. The van der Waals surface area contributed by atoms with Crippen molar-refractivity contribution >= 4 is 5.97 Å². The molecule has 2 nitrogen and oxygen atoms in total. The first-order chi connectivity index (χ1) is 14.2. The van der Waals surface area contributed by atoms with Crippen LogP contribution in [0, 0.1) is 0 Å². The summed E-state index contributed by atoms with van der Waals surface area (Å²) in [5, 5.41) is 0. The Hall–Kier alpha value is -2.09. The molecule has 1 saturated carbocycles. The number of carbonyl (C=O) groups excluding carboxylic acids is 1. The molecule has 0 spiro atoms. The molecule has 2 aromatic carbocycles. The van der Waals surface area contributed by atoms with Gasteiger partial charge in [-0.2, -0.15) is 0 Å². The standard InChI is InChI=1S/C27H36O2/c1-3-5-10-22-11-13-23(14-12-22)26(28)29-25-17-15-24(16-18-25)27(19-6-4-2)20-8-7-9-21-27/h11-18H,3-10,19-21H2,1-2H3. The summed E-state index contributed by atoms with van der Waals surface area (Å²) in [5.41, 5.74) is 3.63. The Bertz CT molecular complexity index is 752. The van der Waals surface area contributed by atoms with E-state index >= 15 is 0 Å². The third-order valence-electron chi connectivity index (χ3n) is 6.51. The Labute approximate surface area is 176 Å². The van der Waals surface area contributed by atoms with Crippen molar-refractivity contribution in [1.82, 2.24) is 0 Å². The lowest BCUT2D eigenvalue weighted by atomic mass is 9.67. The highest BCUT2D eigenvalue weighted by atomic mass is 16.5. The molecule has 156 valence electrons. The van der Waals surface area contributed by atoms with Crippen LogP contribution in [0.4, 0.5) is 0 Å². The van der Waals surface area contributed by atoms with Gasteiger partial charge in [-0.3, -0.25) is 0 Å². The summed E-state index contributed by atoms with van der Waals surface area (Å²) < 4.78 is 5.64. The zero-order chi connectivity index (χ0) is 20.5. The smallest absolute Gasteiger partial charge is 0.343 e. The number of rotatable bonds is 9. The van der Waals surface area contributed by atoms with Gasteiger partial charge in [-0.1, -0.05) is 76.6 Å². The molecule has 1 aliphatic carbocycles. The normalized spacial score (nSPS) is 15.8. The van der Waals surface area contributed by atoms with E-state index in [4.69, 9.17) is 4.74 Å². The Morgan fingerprint density at radius 3 is 2.14 bits per heavy atom. The van der Waals surface area contributed by atoms with Gasteiger partial charge in [0.1, 0.15) is 5.75 Å². The van der Waals surface area contributed by atoms with Crippen molar-refractivity contribution in [2.24, 2.45) is 0 Å². The summed E-state index contributed by atoms with van der Waals surface area (Å²) in [4.78, 5) is 12.5. The predicted octanol–water partition coefficient (Wildman–Crippen LogP) is 7.64. The van der Waals surface area contributed by atoms with Crippen molar-refractivity contribution in [1.29, 1.82) is 0 Å². The summed E-state index contributed by atoms with van der Waals surface area (Å²) in [5.74, 6) is 0.355. The summed E-state index contributed by atoms with van der Waals surface area (Å²) in [6.45, 7) is 4.46. The third-order valence-corrected chi connectivity index (χ3v) is 6.51. The average molecular weight is 393 g/mol. The van der Waals surface area contributed by atoms with Gasteiger partial charge in [0.25, 0.3) is 0 Å². The lowest BCUT2D eigenvalue weighted by Gasteiger charge is -2.38. The van der Waals surface area contributed by atoms with Crippen molar-refractivity contribution in [3.05, 3.63) is 65.2 Å². The quantitative estimate of drug-likeness (QED) is 0.324. The van der Waals surface area contributed by atoms with Gasteiger partial charge in [0, 0.05) is 0 Å². The number of esters is 1. The Kier molecular flexibility index (Phi) is 7.91. The predicted molar refractivity (Wildman–Crippen MR) is 121 cm³/mol. The first-order valence-corrected chi connectivity index (χ1v) is 11.6. The van der Waals surface area contributed by atoms with Crippen LogP contribution in [-0.4, -0.2) is 5.97 Å². The van der Waals surface area contributed by atoms with Gasteiger partial charge < -0.3 is 4.74 Å². The SMILES string of the molecule is CCCCc1ccc(C(=O)Oc2ccc(C3(CCCC)CCCCC3)cc2)cc1.